The maximum Gasteiger partial charge on any atom is 0.322 e. The van der Waals surface area contributed by atoms with Gasteiger partial charge in [-0.25, -0.2) is 4.79 Å². The number of methoxy groups -OCH3 is 1. The summed E-state index contributed by atoms with van der Waals surface area (Å²) in [6, 6.07) is 14.5. The molecule has 1 unspecified atom stereocenters. The zero-order chi connectivity index (χ0) is 23.9. The Bertz CT molecular complexity index is 1210. The van der Waals surface area contributed by atoms with Crippen LogP contribution in [-0.2, 0) is 11.3 Å². The monoisotopic (exact) mass is 459 g/mol. The summed E-state index contributed by atoms with van der Waals surface area (Å²) in [5.74, 6) is -0.0448. The van der Waals surface area contributed by atoms with Crippen LogP contribution in [0.3, 0.4) is 0 Å². The van der Waals surface area contributed by atoms with E-state index in [-0.39, 0.29) is 18.4 Å². The molecular formula is C25H25N5O4. The minimum absolute atomic E-state index is 0.0971. The van der Waals surface area contributed by atoms with E-state index in [2.05, 4.69) is 21.6 Å². The number of urea groups is 1. The SMILES string of the molecule is COc1ccc2c(c1)CN(CC1(C3CCN(c4ccccc4C#N)CC3)NC(=O)NC1=O)C2=O. The zero-order valence-corrected chi connectivity index (χ0v) is 18.8. The minimum Gasteiger partial charge on any atom is -0.497 e. The van der Waals surface area contributed by atoms with Crippen molar-refractivity contribution in [2.75, 3.05) is 31.6 Å². The van der Waals surface area contributed by atoms with E-state index in [1.54, 1.807) is 30.2 Å². The number of rotatable bonds is 5. The van der Waals surface area contributed by atoms with Crippen molar-refractivity contribution < 1.29 is 19.1 Å². The number of benzene rings is 2. The van der Waals surface area contributed by atoms with E-state index in [0.29, 0.717) is 49.4 Å². The standard InChI is InChI=1S/C25H25N5O4/c1-34-19-6-7-20-17(12-19)14-30(22(20)31)15-25(23(32)27-24(33)28-25)18-8-10-29(11-9-18)21-5-3-2-4-16(21)13-26/h2-7,12,18H,8-11,14-15H2,1H3,(H2,27,28,32,33). The number of hydrogen-bond acceptors (Lipinski definition) is 6. The number of piperidine rings is 1. The number of para-hydroxylation sites is 1. The third-order valence-electron chi connectivity index (χ3n) is 7.16. The molecule has 2 aromatic carbocycles. The molecule has 3 aliphatic rings. The molecular weight excluding hydrogens is 434 g/mol. The van der Waals surface area contributed by atoms with Gasteiger partial charge in [-0.05, 0) is 54.7 Å². The van der Waals surface area contributed by atoms with Gasteiger partial charge in [0.1, 0.15) is 17.4 Å². The molecule has 0 saturated carbocycles. The van der Waals surface area contributed by atoms with Crippen LogP contribution in [0, 0.1) is 17.2 Å². The van der Waals surface area contributed by atoms with Crippen LogP contribution in [0.4, 0.5) is 10.5 Å². The molecule has 2 fully saturated rings. The fourth-order valence-corrected chi connectivity index (χ4v) is 5.40. The first kappa shape index (κ1) is 21.8. The molecule has 0 spiro atoms. The predicted molar refractivity (Wildman–Crippen MR) is 123 cm³/mol. The van der Waals surface area contributed by atoms with Gasteiger partial charge in [-0.1, -0.05) is 12.1 Å². The Labute approximate surface area is 197 Å². The van der Waals surface area contributed by atoms with Crippen LogP contribution >= 0.6 is 0 Å². The number of imide groups is 1. The number of fused-ring (bicyclic) bond motifs is 1. The van der Waals surface area contributed by atoms with Gasteiger partial charge < -0.3 is 19.9 Å². The van der Waals surface area contributed by atoms with Crippen LogP contribution in [0.25, 0.3) is 0 Å². The third kappa shape index (κ3) is 3.52. The molecule has 1 atom stereocenters. The summed E-state index contributed by atoms with van der Waals surface area (Å²) in [5, 5.41) is 14.7. The van der Waals surface area contributed by atoms with Crippen LogP contribution in [0.1, 0.15) is 34.3 Å². The lowest BCUT2D eigenvalue weighted by atomic mass is 9.77. The van der Waals surface area contributed by atoms with E-state index < -0.39 is 17.5 Å². The number of hydrogen-bond donors (Lipinski definition) is 2. The van der Waals surface area contributed by atoms with Crippen molar-refractivity contribution >= 4 is 23.5 Å². The summed E-state index contributed by atoms with van der Waals surface area (Å²) in [4.78, 5) is 42.2. The molecule has 9 nitrogen and oxygen atoms in total. The normalized spacial score (nSPS) is 22.3. The van der Waals surface area contributed by atoms with E-state index in [0.717, 1.165) is 11.3 Å². The van der Waals surface area contributed by atoms with Gasteiger partial charge in [0.25, 0.3) is 11.8 Å². The molecule has 5 rings (SSSR count). The molecule has 4 amide bonds. The molecule has 0 bridgehead atoms. The van der Waals surface area contributed by atoms with Crippen molar-refractivity contribution in [1.82, 2.24) is 15.5 Å². The van der Waals surface area contributed by atoms with E-state index in [1.807, 2.05) is 24.3 Å². The van der Waals surface area contributed by atoms with Crippen molar-refractivity contribution in [2.45, 2.75) is 24.9 Å². The smallest absolute Gasteiger partial charge is 0.322 e. The van der Waals surface area contributed by atoms with Gasteiger partial charge in [0.2, 0.25) is 0 Å². The highest BCUT2D eigenvalue weighted by Gasteiger charge is 2.54. The van der Waals surface area contributed by atoms with Gasteiger partial charge in [-0.2, -0.15) is 5.26 Å². The van der Waals surface area contributed by atoms with Gasteiger partial charge in [0.05, 0.1) is 24.9 Å². The largest absolute Gasteiger partial charge is 0.497 e. The summed E-state index contributed by atoms with van der Waals surface area (Å²) in [6.07, 6.45) is 1.27. The number of nitriles is 1. The number of carbonyl (C=O) groups excluding carboxylic acids is 3. The first-order valence-electron chi connectivity index (χ1n) is 11.3. The van der Waals surface area contributed by atoms with Crippen LogP contribution in [0.5, 0.6) is 5.75 Å². The third-order valence-corrected chi connectivity index (χ3v) is 7.16. The van der Waals surface area contributed by atoms with E-state index in [4.69, 9.17) is 4.74 Å². The number of nitrogens with zero attached hydrogens (tertiary/aromatic N) is 3. The zero-order valence-electron chi connectivity index (χ0n) is 18.8. The number of carbonyl (C=O) groups is 3. The van der Waals surface area contributed by atoms with Gasteiger partial charge in [0, 0.05) is 25.2 Å². The predicted octanol–water partition coefficient (Wildman–Crippen LogP) is 2.02. The Morgan fingerprint density at radius 2 is 1.91 bits per heavy atom. The highest BCUT2D eigenvalue weighted by Crippen LogP contribution is 2.36. The summed E-state index contributed by atoms with van der Waals surface area (Å²) >= 11 is 0. The number of ether oxygens (including phenoxy) is 1. The van der Waals surface area contributed by atoms with Crippen molar-refractivity contribution in [2.24, 2.45) is 5.92 Å². The Morgan fingerprint density at radius 1 is 1.15 bits per heavy atom. The maximum atomic E-state index is 13.1. The summed E-state index contributed by atoms with van der Waals surface area (Å²) in [5.41, 5.74) is 1.71. The molecule has 2 aromatic rings. The Balaban J connectivity index is 1.37. The fourth-order valence-electron chi connectivity index (χ4n) is 5.40. The quantitative estimate of drug-likeness (QED) is 0.661. The van der Waals surface area contributed by atoms with Gasteiger partial charge in [-0.3, -0.25) is 14.9 Å². The number of anilines is 1. The first-order chi connectivity index (χ1) is 16.4. The highest BCUT2D eigenvalue weighted by molar-refractivity contribution is 6.08. The van der Waals surface area contributed by atoms with E-state index in [1.165, 1.54) is 0 Å². The second-order valence-corrected chi connectivity index (χ2v) is 8.95. The molecule has 0 radical (unpaired) electrons. The molecule has 34 heavy (non-hydrogen) atoms. The van der Waals surface area contributed by atoms with Crippen molar-refractivity contribution in [3.05, 3.63) is 59.2 Å². The lowest BCUT2D eigenvalue weighted by Crippen LogP contribution is -2.62. The second-order valence-electron chi connectivity index (χ2n) is 8.95. The molecule has 174 valence electrons. The van der Waals surface area contributed by atoms with Crippen molar-refractivity contribution in [1.29, 1.82) is 5.26 Å². The molecule has 9 heteroatoms. The average Bonchev–Trinajstić information content (AvgIpc) is 3.33. The molecule has 0 aliphatic carbocycles. The van der Waals surface area contributed by atoms with Crippen LogP contribution in [-0.4, -0.2) is 55.0 Å². The average molecular weight is 460 g/mol. The van der Waals surface area contributed by atoms with Crippen LogP contribution < -0.4 is 20.3 Å². The molecule has 2 N–H and O–H groups in total. The topological polar surface area (TPSA) is 115 Å². The summed E-state index contributed by atoms with van der Waals surface area (Å²) < 4.78 is 5.28. The Hall–Kier alpha value is -4.06. The van der Waals surface area contributed by atoms with Crippen LogP contribution in [0.2, 0.25) is 0 Å². The minimum atomic E-state index is -1.19. The lowest BCUT2D eigenvalue weighted by molar-refractivity contribution is -0.126. The first-order valence-corrected chi connectivity index (χ1v) is 11.3. The number of nitrogens with one attached hydrogen (secondary N) is 2. The van der Waals surface area contributed by atoms with Crippen LogP contribution in [0.15, 0.2) is 42.5 Å². The van der Waals surface area contributed by atoms with Crippen molar-refractivity contribution in [3.63, 3.8) is 0 Å². The summed E-state index contributed by atoms with van der Waals surface area (Å²) in [7, 11) is 1.57. The Morgan fingerprint density at radius 3 is 2.59 bits per heavy atom. The van der Waals surface area contributed by atoms with Crippen molar-refractivity contribution in [3.8, 4) is 11.8 Å². The maximum absolute atomic E-state index is 13.1. The molecule has 0 aromatic heterocycles. The molecule has 3 aliphatic heterocycles. The van der Waals surface area contributed by atoms with E-state index in [9.17, 15) is 19.6 Å². The fraction of sp³-hybridized carbons (Fsp3) is 0.360. The number of amides is 4. The highest BCUT2D eigenvalue weighted by atomic mass is 16.5. The molecule has 3 heterocycles. The molecule has 2 saturated heterocycles. The van der Waals surface area contributed by atoms with Gasteiger partial charge in [-0.15, -0.1) is 0 Å². The second kappa shape index (κ2) is 8.37. The lowest BCUT2D eigenvalue weighted by Gasteiger charge is -2.42. The Kier molecular flexibility index (Phi) is 5.36. The summed E-state index contributed by atoms with van der Waals surface area (Å²) in [6.45, 7) is 1.73. The van der Waals surface area contributed by atoms with E-state index >= 15 is 0 Å². The van der Waals surface area contributed by atoms with Gasteiger partial charge >= 0.3 is 6.03 Å². The van der Waals surface area contributed by atoms with Gasteiger partial charge in [0.15, 0.2) is 0 Å².